The highest BCUT2D eigenvalue weighted by Gasteiger charge is 2.42. The van der Waals surface area contributed by atoms with E-state index in [4.69, 9.17) is 18.6 Å². The van der Waals surface area contributed by atoms with E-state index in [1.54, 1.807) is 36.3 Å². The highest BCUT2D eigenvalue weighted by Crippen LogP contribution is 2.41. The molecule has 2 heterocycles. The Morgan fingerprint density at radius 3 is 2.44 bits per heavy atom. The van der Waals surface area contributed by atoms with Gasteiger partial charge in [0.2, 0.25) is 5.91 Å². The van der Waals surface area contributed by atoms with Crippen LogP contribution in [0.1, 0.15) is 40.6 Å². The van der Waals surface area contributed by atoms with E-state index in [-0.39, 0.29) is 30.3 Å². The second-order valence-electron chi connectivity index (χ2n) is 7.82. The van der Waals surface area contributed by atoms with Gasteiger partial charge in [-0.05, 0) is 42.3 Å². The van der Waals surface area contributed by atoms with Crippen LogP contribution in [0, 0.1) is 5.92 Å². The van der Waals surface area contributed by atoms with Gasteiger partial charge in [0.05, 0.1) is 32.4 Å². The van der Waals surface area contributed by atoms with Crippen molar-refractivity contribution in [2.75, 3.05) is 19.1 Å². The standard InChI is InChI=1S/C26H25NO7/c1-31-19-10-8-18(9-11-19)27-23(28)13-12-21(24(27)17-6-4-3-5-7-17)26(30)34-16-22-20(14-15-33-22)25(29)32-2/h3-11,14-15,21,24H,12-13,16H2,1-2H3/t21-,24+/m1/s1. The number of nitrogens with zero attached hydrogens (tertiary/aromatic N) is 1. The first-order valence-electron chi connectivity index (χ1n) is 10.9. The minimum atomic E-state index is -0.612. The molecule has 0 saturated carbocycles. The number of ether oxygens (including phenoxy) is 3. The molecule has 1 aromatic heterocycles. The van der Waals surface area contributed by atoms with E-state index >= 15 is 0 Å². The van der Waals surface area contributed by atoms with Gasteiger partial charge in [-0.1, -0.05) is 30.3 Å². The van der Waals surface area contributed by atoms with Crippen molar-refractivity contribution in [3.05, 3.63) is 83.8 Å². The van der Waals surface area contributed by atoms with Gasteiger partial charge in [-0.15, -0.1) is 0 Å². The predicted molar refractivity (Wildman–Crippen MR) is 122 cm³/mol. The molecule has 2 atom stereocenters. The molecule has 3 aromatic rings. The number of anilines is 1. The number of methoxy groups -OCH3 is 2. The molecule has 0 bridgehead atoms. The summed E-state index contributed by atoms with van der Waals surface area (Å²) in [6.45, 7) is -0.218. The van der Waals surface area contributed by atoms with Crippen LogP contribution in [0.3, 0.4) is 0 Å². The summed E-state index contributed by atoms with van der Waals surface area (Å²) < 4.78 is 20.9. The summed E-state index contributed by atoms with van der Waals surface area (Å²) in [6, 6.07) is 17.5. The zero-order valence-electron chi connectivity index (χ0n) is 18.9. The van der Waals surface area contributed by atoms with Crippen molar-refractivity contribution in [2.45, 2.75) is 25.5 Å². The third kappa shape index (κ3) is 4.66. The topological polar surface area (TPSA) is 95.3 Å². The van der Waals surface area contributed by atoms with Gasteiger partial charge < -0.3 is 23.5 Å². The summed E-state index contributed by atoms with van der Waals surface area (Å²) in [4.78, 5) is 39.9. The van der Waals surface area contributed by atoms with Gasteiger partial charge in [0.15, 0.2) is 5.76 Å². The van der Waals surface area contributed by atoms with Crippen LogP contribution in [0.5, 0.6) is 5.75 Å². The van der Waals surface area contributed by atoms with Gasteiger partial charge in [0.1, 0.15) is 17.9 Å². The zero-order chi connectivity index (χ0) is 24.1. The quantitative estimate of drug-likeness (QED) is 0.482. The van der Waals surface area contributed by atoms with Crippen molar-refractivity contribution in [1.82, 2.24) is 0 Å². The Labute approximate surface area is 197 Å². The Kier molecular flexibility index (Phi) is 6.96. The van der Waals surface area contributed by atoms with E-state index in [9.17, 15) is 14.4 Å². The number of amides is 1. The summed E-state index contributed by atoms with van der Waals surface area (Å²) in [5.74, 6) is -0.876. The van der Waals surface area contributed by atoms with Crippen molar-refractivity contribution >= 4 is 23.5 Å². The van der Waals surface area contributed by atoms with E-state index in [0.717, 1.165) is 5.56 Å². The molecular weight excluding hydrogens is 438 g/mol. The average Bonchev–Trinajstić information content (AvgIpc) is 3.36. The smallest absolute Gasteiger partial charge is 0.341 e. The fourth-order valence-electron chi connectivity index (χ4n) is 4.21. The fraction of sp³-hybridized carbons (Fsp3) is 0.269. The van der Waals surface area contributed by atoms with Gasteiger partial charge in [-0.25, -0.2) is 4.79 Å². The first-order valence-corrected chi connectivity index (χ1v) is 10.9. The van der Waals surface area contributed by atoms with Gasteiger partial charge in [0, 0.05) is 12.1 Å². The molecule has 34 heavy (non-hydrogen) atoms. The molecule has 8 heteroatoms. The maximum absolute atomic E-state index is 13.3. The van der Waals surface area contributed by atoms with Crippen molar-refractivity contribution in [1.29, 1.82) is 0 Å². The molecule has 8 nitrogen and oxygen atoms in total. The maximum Gasteiger partial charge on any atom is 0.341 e. The summed E-state index contributed by atoms with van der Waals surface area (Å²) in [7, 11) is 2.84. The fourth-order valence-corrected chi connectivity index (χ4v) is 4.21. The lowest BCUT2D eigenvalue weighted by Crippen LogP contribution is -2.46. The maximum atomic E-state index is 13.3. The molecule has 0 aliphatic carbocycles. The highest BCUT2D eigenvalue weighted by molar-refractivity contribution is 5.97. The molecule has 1 amide bonds. The van der Waals surface area contributed by atoms with Gasteiger partial charge in [-0.2, -0.15) is 0 Å². The lowest BCUT2D eigenvalue weighted by Gasteiger charge is -2.40. The van der Waals surface area contributed by atoms with Crippen molar-refractivity contribution in [3.8, 4) is 5.75 Å². The van der Waals surface area contributed by atoms with Gasteiger partial charge in [-0.3, -0.25) is 9.59 Å². The van der Waals surface area contributed by atoms with Gasteiger partial charge in [0.25, 0.3) is 0 Å². The van der Waals surface area contributed by atoms with Crippen LogP contribution in [-0.4, -0.2) is 32.1 Å². The number of furan rings is 1. The summed E-state index contributed by atoms with van der Waals surface area (Å²) in [5.41, 5.74) is 1.69. The lowest BCUT2D eigenvalue weighted by atomic mass is 9.84. The van der Waals surface area contributed by atoms with Crippen LogP contribution >= 0.6 is 0 Å². The number of rotatable bonds is 7. The molecule has 0 radical (unpaired) electrons. The molecule has 0 spiro atoms. The Balaban J connectivity index is 1.62. The summed E-state index contributed by atoms with van der Waals surface area (Å²) in [5, 5.41) is 0. The predicted octanol–water partition coefficient (Wildman–Crippen LogP) is 4.30. The van der Waals surface area contributed by atoms with Crippen LogP contribution in [0.4, 0.5) is 5.69 Å². The molecule has 2 aromatic carbocycles. The number of benzene rings is 2. The van der Waals surface area contributed by atoms with E-state index in [2.05, 4.69) is 0 Å². The first kappa shape index (κ1) is 23.1. The summed E-state index contributed by atoms with van der Waals surface area (Å²) in [6.07, 6.45) is 1.88. The van der Waals surface area contributed by atoms with Gasteiger partial charge >= 0.3 is 11.9 Å². The van der Waals surface area contributed by atoms with Crippen LogP contribution in [0.15, 0.2) is 71.3 Å². The number of hydrogen-bond acceptors (Lipinski definition) is 7. The Bertz CT molecular complexity index is 1150. The average molecular weight is 463 g/mol. The highest BCUT2D eigenvalue weighted by atomic mass is 16.5. The van der Waals surface area contributed by atoms with E-state index in [1.165, 1.54) is 19.4 Å². The van der Waals surface area contributed by atoms with E-state index in [0.29, 0.717) is 17.9 Å². The van der Waals surface area contributed by atoms with Crippen LogP contribution in [0.25, 0.3) is 0 Å². The molecule has 1 aliphatic rings. The van der Waals surface area contributed by atoms with Crippen LogP contribution < -0.4 is 9.64 Å². The summed E-state index contributed by atoms with van der Waals surface area (Å²) >= 11 is 0. The van der Waals surface area contributed by atoms with Crippen molar-refractivity contribution < 1.29 is 33.0 Å². The molecule has 0 unspecified atom stereocenters. The second-order valence-corrected chi connectivity index (χ2v) is 7.82. The molecule has 0 N–H and O–H groups in total. The van der Waals surface area contributed by atoms with Crippen LogP contribution in [0.2, 0.25) is 0 Å². The molecule has 1 fully saturated rings. The molecule has 176 valence electrons. The third-order valence-corrected chi connectivity index (χ3v) is 5.89. The largest absolute Gasteiger partial charge is 0.497 e. The normalized spacial score (nSPS) is 17.8. The Hall–Kier alpha value is -4.07. The SMILES string of the molecule is COC(=O)c1ccoc1COC(=O)[C@@H]1CCC(=O)N(c2ccc(OC)cc2)[C@H]1c1ccccc1. The minimum absolute atomic E-state index is 0.0814. The van der Waals surface area contributed by atoms with Crippen molar-refractivity contribution in [2.24, 2.45) is 5.92 Å². The molecular formula is C26H25NO7. The van der Waals surface area contributed by atoms with E-state index in [1.807, 2.05) is 30.3 Å². The number of carbonyl (C=O) groups excluding carboxylic acids is 3. The van der Waals surface area contributed by atoms with Crippen molar-refractivity contribution in [3.63, 3.8) is 0 Å². The molecule has 1 aliphatic heterocycles. The Morgan fingerprint density at radius 2 is 1.76 bits per heavy atom. The minimum Gasteiger partial charge on any atom is -0.497 e. The van der Waals surface area contributed by atoms with Crippen LogP contribution in [-0.2, 0) is 25.7 Å². The lowest BCUT2D eigenvalue weighted by molar-refractivity contribution is -0.152. The number of esters is 2. The molecule has 1 saturated heterocycles. The molecule has 4 rings (SSSR count). The third-order valence-electron chi connectivity index (χ3n) is 5.89. The van der Waals surface area contributed by atoms with E-state index < -0.39 is 23.9 Å². The monoisotopic (exact) mass is 463 g/mol. The Morgan fingerprint density at radius 1 is 1.03 bits per heavy atom. The number of piperidine rings is 1. The number of carbonyl (C=O) groups is 3. The first-order chi connectivity index (χ1) is 16.5. The second kappa shape index (κ2) is 10.2. The zero-order valence-corrected chi connectivity index (χ0v) is 18.9. The number of hydrogen-bond donors (Lipinski definition) is 0.